The van der Waals surface area contributed by atoms with Crippen LogP contribution in [-0.4, -0.2) is 66.6 Å². The Bertz CT molecular complexity index is 1120. The van der Waals surface area contributed by atoms with Crippen LogP contribution in [0.1, 0.15) is 105 Å². The first-order chi connectivity index (χ1) is 24.4. The summed E-state index contributed by atoms with van der Waals surface area (Å²) in [5, 5.41) is 24.3. The van der Waals surface area contributed by atoms with E-state index in [-0.39, 0.29) is 11.8 Å². The van der Waals surface area contributed by atoms with Crippen molar-refractivity contribution in [1.29, 1.82) is 0 Å². The van der Waals surface area contributed by atoms with Gasteiger partial charge in [-0.3, -0.25) is 14.3 Å². The predicted octanol–water partition coefficient (Wildman–Crippen LogP) is 6.58. The molecule has 0 radical (unpaired) electrons. The summed E-state index contributed by atoms with van der Waals surface area (Å²) in [7, 11) is 3.47. The van der Waals surface area contributed by atoms with Crippen molar-refractivity contribution in [2.24, 2.45) is 23.0 Å². The summed E-state index contributed by atoms with van der Waals surface area (Å²) in [6.07, 6.45) is 8.98. The van der Waals surface area contributed by atoms with Gasteiger partial charge in [0.05, 0.1) is 25.1 Å². The fourth-order valence-electron chi connectivity index (χ4n) is 3.65. The monoisotopic (exact) mass is 704 g/mol. The minimum absolute atomic E-state index is 0.0125. The molecule has 2 rings (SSSR count). The molecule has 0 spiro atoms. The molecule has 0 aliphatic rings. The highest BCUT2D eigenvalue weighted by atomic mass is 16.5. The molecule has 13 nitrogen and oxygen atoms in total. The number of nitrogens with one attached hydrogen (secondary N) is 3. The van der Waals surface area contributed by atoms with E-state index in [9.17, 15) is 9.59 Å². The second kappa shape index (κ2) is 39.3. The van der Waals surface area contributed by atoms with Gasteiger partial charge >= 0.3 is 0 Å². The zero-order chi connectivity index (χ0) is 38.3. The molecule has 1 heterocycles. The van der Waals surface area contributed by atoms with Crippen LogP contribution < -0.4 is 21.7 Å². The van der Waals surface area contributed by atoms with Gasteiger partial charge in [-0.1, -0.05) is 83.2 Å². The van der Waals surface area contributed by atoms with E-state index in [4.69, 9.17) is 15.2 Å². The lowest BCUT2D eigenvalue weighted by molar-refractivity contribution is -0.122. The van der Waals surface area contributed by atoms with Crippen LogP contribution in [0.5, 0.6) is 0 Å². The molecule has 0 saturated heterocycles. The molecule has 0 bridgehead atoms. The highest BCUT2D eigenvalue weighted by molar-refractivity contribution is 5.76. The molecule has 286 valence electrons. The molecule has 0 unspecified atom stereocenters. The number of azo groups is 1. The Balaban J connectivity index is -0.000000823. The number of amides is 2. The normalized spacial score (nSPS) is 10.1. The maximum Gasteiger partial charge on any atom is 0.220 e. The van der Waals surface area contributed by atoms with Crippen molar-refractivity contribution in [3.63, 3.8) is 0 Å². The van der Waals surface area contributed by atoms with E-state index < -0.39 is 0 Å². The van der Waals surface area contributed by atoms with Crippen molar-refractivity contribution in [1.82, 2.24) is 30.9 Å². The van der Waals surface area contributed by atoms with Crippen molar-refractivity contribution in [3.05, 3.63) is 72.0 Å². The topological polar surface area (TPSA) is 170 Å². The summed E-state index contributed by atoms with van der Waals surface area (Å²) in [6.45, 7) is 21.6. The van der Waals surface area contributed by atoms with Crippen LogP contribution in [0.2, 0.25) is 0 Å². The summed E-state index contributed by atoms with van der Waals surface area (Å²) in [5.74, 6) is 0.619. The minimum atomic E-state index is 0.0125. The van der Waals surface area contributed by atoms with Gasteiger partial charge < -0.3 is 31.2 Å². The van der Waals surface area contributed by atoms with Crippen molar-refractivity contribution in [2.45, 2.75) is 107 Å². The van der Waals surface area contributed by atoms with Gasteiger partial charge in [0.15, 0.2) is 5.88 Å². The number of carbonyl (C=O) groups excluding carboxylic acids is 2. The Labute approximate surface area is 302 Å². The quantitative estimate of drug-likeness (QED) is 0.0605. The first-order valence-corrected chi connectivity index (χ1v) is 18.1. The summed E-state index contributed by atoms with van der Waals surface area (Å²) in [6, 6.07) is 9.93. The zero-order valence-electron chi connectivity index (χ0n) is 32.6. The first-order valence-electron chi connectivity index (χ1n) is 18.1. The molecule has 2 aromatic rings. The number of ether oxygens (including phenoxy) is 2. The van der Waals surface area contributed by atoms with E-state index >= 15 is 0 Å². The molecule has 2 amide bonds. The highest BCUT2D eigenvalue weighted by Gasteiger charge is 2.03. The van der Waals surface area contributed by atoms with Crippen molar-refractivity contribution in [2.75, 3.05) is 39.8 Å². The number of aryl methyl sites for hydroxylation is 1. The summed E-state index contributed by atoms with van der Waals surface area (Å²) < 4.78 is 12.5. The molecule has 0 atom stereocenters. The number of aromatic nitrogens is 3. The van der Waals surface area contributed by atoms with Gasteiger partial charge in [-0.05, 0) is 57.7 Å². The van der Waals surface area contributed by atoms with E-state index in [0.717, 1.165) is 42.6 Å². The van der Waals surface area contributed by atoms with Crippen LogP contribution in [0.15, 0.2) is 71.0 Å². The van der Waals surface area contributed by atoms with Crippen molar-refractivity contribution in [3.8, 4) is 0 Å². The molecule has 1 aromatic carbocycles. The minimum Gasteiger partial charge on any atom is -0.475 e. The molecule has 0 aliphatic carbocycles. The Morgan fingerprint density at radius 3 is 2.08 bits per heavy atom. The number of nitrogens with two attached hydrogens (primary N) is 1. The predicted molar refractivity (Wildman–Crippen MR) is 205 cm³/mol. The molecule has 1 aromatic heterocycles. The van der Waals surface area contributed by atoms with Crippen molar-refractivity contribution < 1.29 is 19.1 Å². The molecule has 5 N–H and O–H groups in total. The first kappa shape index (κ1) is 50.3. The van der Waals surface area contributed by atoms with E-state index in [1.165, 1.54) is 0 Å². The fraction of sp³-hybridized carbons (Fsp3) is 0.622. The lowest BCUT2D eigenvalue weighted by Gasteiger charge is -2.11. The number of benzene rings is 1. The maximum atomic E-state index is 11.8. The smallest absolute Gasteiger partial charge is 0.220 e. The number of hydrogen-bond acceptors (Lipinski definition) is 10. The van der Waals surface area contributed by atoms with Crippen molar-refractivity contribution >= 4 is 11.8 Å². The number of nitrogens with zero attached hydrogens (tertiary/aromatic N) is 5. The Morgan fingerprint density at radius 1 is 0.880 bits per heavy atom. The zero-order valence-corrected chi connectivity index (χ0v) is 32.6. The number of allylic oxidation sites excluding steroid dienone is 2. The lowest BCUT2D eigenvalue weighted by Crippen LogP contribution is -2.27. The maximum absolute atomic E-state index is 11.8. The lowest BCUT2D eigenvalue weighted by atomic mass is 10.2. The molecule has 0 fully saturated rings. The number of unbranched alkanes of at least 4 members (excludes halogenated alkanes) is 1. The SMILES string of the molecule is C=C(NCCCC(=O)NCCCC/C(=C/C)N=NC)OCc1ccccc1.CC.CC.CC.Cn1cc(COCCNC(=O)CCCN)nn1. The molecular weight excluding hydrogens is 634 g/mol. The summed E-state index contributed by atoms with van der Waals surface area (Å²) >= 11 is 0. The van der Waals surface area contributed by atoms with Gasteiger partial charge in [0, 0.05) is 46.6 Å². The number of carbonyl (C=O) groups is 2. The second-order valence-electron chi connectivity index (χ2n) is 9.79. The van der Waals surface area contributed by atoms with Crippen LogP contribution >= 0.6 is 0 Å². The molecule has 13 heteroatoms. The molecule has 0 saturated carbocycles. The van der Waals surface area contributed by atoms with E-state index in [1.54, 1.807) is 25.0 Å². The third kappa shape index (κ3) is 32.4. The van der Waals surface area contributed by atoms with Crippen LogP contribution in [0.4, 0.5) is 0 Å². The van der Waals surface area contributed by atoms with Gasteiger partial charge in [0.2, 0.25) is 11.8 Å². The van der Waals surface area contributed by atoms with Crippen LogP contribution in [0.25, 0.3) is 0 Å². The standard InChI is InChI=1S/C21H32N4O2.C10H19N5O2.3C2H6/c1-4-20(25-22-3)13-8-9-15-24-21(26)14-10-16-23-18(2)27-17-19-11-6-5-7-12-19;1-15-7-9(13-14-15)8-17-6-5-12-10(16)3-2-4-11;3*1-2/h4-7,11-12,23H,2,8-10,13-17H2,1,3H3,(H,24,26);7H,2-6,8,11H2,1H3,(H,12,16);3*1-2H3/b20-4-,25-22?;;;;. The second-order valence-corrected chi connectivity index (χ2v) is 9.79. The summed E-state index contributed by atoms with van der Waals surface area (Å²) in [4.78, 5) is 23.0. The number of rotatable bonds is 22. The fourth-order valence-corrected chi connectivity index (χ4v) is 3.65. The van der Waals surface area contributed by atoms with Gasteiger partial charge in [-0.25, -0.2) is 0 Å². The van der Waals surface area contributed by atoms with Crippen LogP contribution in [0, 0.1) is 0 Å². The van der Waals surface area contributed by atoms with E-state index in [0.29, 0.717) is 71.1 Å². The molecule has 50 heavy (non-hydrogen) atoms. The Hall–Kier alpha value is -4.10. The van der Waals surface area contributed by atoms with E-state index in [2.05, 4.69) is 43.1 Å². The van der Waals surface area contributed by atoms with Crippen LogP contribution in [-0.2, 0) is 39.3 Å². The van der Waals surface area contributed by atoms with Gasteiger partial charge in [0.25, 0.3) is 0 Å². The van der Waals surface area contributed by atoms with Gasteiger partial charge in [0.1, 0.15) is 12.3 Å². The molecular formula is C37H69N9O4. The average molecular weight is 704 g/mol. The van der Waals surface area contributed by atoms with E-state index in [1.807, 2.05) is 84.9 Å². The average Bonchev–Trinajstić information content (AvgIpc) is 3.58. The van der Waals surface area contributed by atoms with Gasteiger partial charge in [-0.2, -0.15) is 10.2 Å². The Morgan fingerprint density at radius 2 is 1.50 bits per heavy atom. The van der Waals surface area contributed by atoms with Gasteiger partial charge in [-0.15, -0.1) is 5.10 Å². The highest BCUT2D eigenvalue weighted by Crippen LogP contribution is 2.08. The van der Waals surface area contributed by atoms with Crippen LogP contribution in [0.3, 0.4) is 0 Å². The largest absolute Gasteiger partial charge is 0.475 e. The third-order valence-electron chi connectivity index (χ3n) is 5.98. The molecule has 0 aliphatic heterocycles. The number of hydrogen-bond donors (Lipinski definition) is 4. The third-order valence-corrected chi connectivity index (χ3v) is 5.98. The Kier molecular flexibility index (Phi) is 39.6. The summed E-state index contributed by atoms with van der Waals surface area (Å²) in [5.41, 5.74) is 8.17.